The molecule has 0 radical (unpaired) electrons. The number of alkyl halides is 2. The molecule has 0 unspecified atom stereocenters. The number of carbonyl (C=O) groups excluding carboxylic acids is 1. The van der Waals surface area contributed by atoms with Gasteiger partial charge in [-0.2, -0.15) is 0 Å². The van der Waals surface area contributed by atoms with Gasteiger partial charge in [0.25, 0.3) is 0 Å². The Bertz CT molecular complexity index is 149. The van der Waals surface area contributed by atoms with Gasteiger partial charge in [0, 0.05) is 17.1 Å². The Hall–Kier alpha value is 0.430. The third-order valence-electron chi connectivity index (χ3n) is 2.07. The highest BCUT2D eigenvalue weighted by Crippen LogP contribution is 2.17. The number of amides is 1. The molecule has 0 heterocycles. The predicted octanol–water partition coefficient (Wildman–Crippen LogP) is 2.84. The van der Waals surface area contributed by atoms with E-state index in [9.17, 15) is 4.79 Å². The molecule has 13 heavy (non-hydrogen) atoms. The lowest BCUT2D eigenvalue weighted by Gasteiger charge is -2.29. The Labute approximate surface area is 97.1 Å². The molecule has 0 fully saturated rings. The first-order valence-corrected chi connectivity index (χ1v) is 6.81. The van der Waals surface area contributed by atoms with E-state index in [0.717, 1.165) is 23.5 Å². The van der Waals surface area contributed by atoms with Crippen molar-refractivity contribution in [2.45, 2.75) is 38.6 Å². The van der Waals surface area contributed by atoms with Crippen molar-refractivity contribution in [3.63, 3.8) is 0 Å². The maximum Gasteiger partial charge on any atom is 0.220 e. The summed E-state index contributed by atoms with van der Waals surface area (Å²) in [6, 6.07) is 0. The van der Waals surface area contributed by atoms with E-state index in [1.165, 1.54) is 0 Å². The van der Waals surface area contributed by atoms with Crippen LogP contribution in [0.25, 0.3) is 0 Å². The van der Waals surface area contributed by atoms with Crippen LogP contribution < -0.4 is 5.32 Å². The summed E-state index contributed by atoms with van der Waals surface area (Å²) in [5.74, 6) is 0.142. The smallest absolute Gasteiger partial charge is 0.220 e. The van der Waals surface area contributed by atoms with Crippen molar-refractivity contribution in [2.75, 3.05) is 10.7 Å². The lowest BCUT2D eigenvalue weighted by molar-refractivity contribution is -0.122. The van der Waals surface area contributed by atoms with E-state index < -0.39 is 0 Å². The zero-order valence-electron chi connectivity index (χ0n) is 8.20. The van der Waals surface area contributed by atoms with Crippen molar-refractivity contribution < 1.29 is 4.79 Å². The second-order valence-electron chi connectivity index (χ2n) is 3.20. The van der Waals surface area contributed by atoms with Gasteiger partial charge < -0.3 is 5.32 Å². The van der Waals surface area contributed by atoms with E-state index in [0.29, 0.717) is 6.42 Å². The Morgan fingerprint density at radius 2 is 1.85 bits per heavy atom. The molecule has 0 aliphatic heterocycles. The molecular weight excluding hydrogens is 298 g/mol. The van der Waals surface area contributed by atoms with Gasteiger partial charge in [0.05, 0.1) is 5.54 Å². The summed E-state index contributed by atoms with van der Waals surface area (Å²) in [6.45, 7) is 4.09. The van der Waals surface area contributed by atoms with Crippen LogP contribution >= 0.6 is 31.9 Å². The fourth-order valence-corrected chi connectivity index (χ4v) is 2.97. The summed E-state index contributed by atoms with van der Waals surface area (Å²) in [5.41, 5.74) is -0.119. The number of hydrogen-bond donors (Lipinski definition) is 1. The first-order valence-electron chi connectivity index (χ1n) is 4.57. The third-order valence-corrected chi connectivity index (χ3v) is 4.22. The molecule has 0 rings (SSSR count). The highest BCUT2D eigenvalue weighted by atomic mass is 79.9. The minimum Gasteiger partial charge on any atom is -0.349 e. The second kappa shape index (κ2) is 6.82. The first kappa shape index (κ1) is 13.4. The van der Waals surface area contributed by atoms with Crippen LogP contribution in [0.4, 0.5) is 0 Å². The van der Waals surface area contributed by atoms with Crippen molar-refractivity contribution >= 4 is 37.8 Å². The molecule has 78 valence electrons. The van der Waals surface area contributed by atoms with Gasteiger partial charge >= 0.3 is 0 Å². The molecule has 0 saturated heterocycles. The van der Waals surface area contributed by atoms with Crippen LogP contribution in [0.1, 0.15) is 33.1 Å². The van der Waals surface area contributed by atoms with E-state index in [1.807, 2.05) is 6.92 Å². The molecule has 0 aliphatic carbocycles. The average Bonchev–Trinajstić information content (AvgIpc) is 2.15. The van der Waals surface area contributed by atoms with Gasteiger partial charge in [-0.1, -0.05) is 45.7 Å². The van der Waals surface area contributed by atoms with Crippen LogP contribution in [-0.4, -0.2) is 22.1 Å². The number of hydrogen-bond acceptors (Lipinski definition) is 1. The second-order valence-corrected chi connectivity index (χ2v) is 4.32. The molecule has 0 aliphatic rings. The van der Waals surface area contributed by atoms with E-state index >= 15 is 0 Å². The van der Waals surface area contributed by atoms with Gasteiger partial charge in [-0.05, 0) is 12.8 Å². The van der Waals surface area contributed by atoms with Crippen molar-refractivity contribution in [3.8, 4) is 0 Å². The molecule has 0 atom stereocenters. The number of carbonyl (C=O) groups is 1. The lowest BCUT2D eigenvalue weighted by Crippen LogP contribution is -2.51. The topological polar surface area (TPSA) is 29.1 Å². The van der Waals surface area contributed by atoms with Crippen molar-refractivity contribution in [2.24, 2.45) is 0 Å². The molecule has 0 aromatic rings. The number of nitrogens with one attached hydrogen (secondary N) is 1. The van der Waals surface area contributed by atoms with Gasteiger partial charge in [-0.3, -0.25) is 4.79 Å². The molecule has 0 aromatic heterocycles. The summed E-state index contributed by atoms with van der Waals surface area (Å²) in [7, 11) is 0. The maximum absolute atomic E-state index is 11.4. The highest BCUT2D eigenvalue weighted by molar-refractivity contribution is 9.09. The van der Waals surface area contributed by atoms with Crippen LogP contribution in [0, 0.1) is 0 Å². The van der Waals surface area contributed by atoms with Crippen molar-refractivity contribution in [1.29, 1.82) is 0 Å². The Morgan fingerprint density at radius 1 is 1.31 bits per heavy atom. The van der Waals surface area contributed by atoms with Gasteiger partial charge in [0.1, 0.15) is 0 Å². The molecule has 0 bridgehead atoms. The fourth-order valence-electron chi connectivity index (χ4n) is 0.965. The Kier molecular flexibility index (Phi) is 7.05. The minimum absolute atomic E-state index is 0.119. The van der Waals surface area contributed by atoms with Crippen LogP contribution in [0.5, 0.6) is 0 Å². The average molecular weight is 315 g/mol. The zero-order chi connectivity index (χ0) is 10.3. The molecular formula is C9H17Br2NO. The number of rotatable bonds is 6. The van der Waals surface area contributed by atoms with E-state index in [-0.39, 0.29) is 11.4 Å². The fraction of sp³-hybridized carbons (Fsp3) is 0.889. The summed E-state index contributed by atoms with van der Waals surface area (Å²) in [5, 5.41) is 4.63. The number of halogens is 2. The molecule has 2 nitrogen and oxygen atoms in total. The molecule has 0 aromatic carbocycles. The molecule has 1 amide bonds. The minimum atomic E-state index is -0.119. The quantitative estimate of drug-likeness (QED) is 0.750. The van der Waals surface area contributed by atoms with Crippen molar-refractivity contribution in [3.05, 3.63) is 0 Å². The lowest BCUT2D eigenvalue weighted by atomic mass is 10.0. The monoisotopic (exact) mass is 313 g/mol. The normalized spacial score (nSPS) is 11.4. The summed E-state index contributed by atoms with van der Waals surface area (Å²) < 4.78 is 0. The summed E-state index contributed by atoms with van der Waals surface area (Å²) in [4.78, 5) is 11.4. The maximum atomic E-state index is 11.4. The van der Waals surface area contributed by atoms with Gasteiger partial charge in [-0.15, -0.1) is 0 Å². The van der Waals surface area contributed by atoms with Crippen LogP contribution in [-0.2, 0) is 4.79 Å². The van der Waals surface area contributed by atoms with Gasteiger partial charge in [0.15, 0.2) is 0 Å². The predicted molar refractivity (Wildman–Crippen MR) is 63.7 cm³/mol. The van der Waals surface area contributed by atoms with E-state index in [1.54, 1.807) is 0 Å². The Morgan fingerprint density at radius 3 is 2.15 bits per heavy atom. The van der Waals surface area contributed by atoms with Gasteiger partial charge in [0.2, 0.25) is 5.91 Å². The summed E-state index contributed by atoms with van der Waals surface area (Å²) >= 11 is 6.86. The Balaban J connectivity index is 4.16. The molecule has 1 N–H and O–H groups in total. The SMILES string of the molecule is CCCC(=O)NC(CC)(CBr)CBr. The van der Waals surface area contributed by atoms with Crippen LogP contribution in [0.15, 0.2) is 0 Å². The van der Waals surface area contributed by atoms with E-state index in [4.69, 9.17) is 0 Å². The standard InChI is InChI=1S/C9H17Br2NO/c1-3-5-8(13)12-9(4-2,6-10)7-11/h3-7H2,1-2H3,(H,12,13). The molecule has 0 saturated carbocycles. The molecule has 0 spiro atoms. The third kappa shape index (κ3) is 4.45. The summed E-state index contributed by atoms with van der Waals surface area (Å²) in [6.07, 6.45) is 2.44. The highest BCUT2D eigenvalue weighted by Gasteiger charge is 2.26. The first-order chi connectivity index (χ1) is 6.14. The largest absolute Gasteiger partial charge is 0.349 e. The zero-order valence-corrected chi connectivity index (χ0v) is 11.4. The van der Waals surface area contributed by atoms with Gasteiger partial charge in [-0.25, -0.2) is 0 Å². The van der Waals surface area contributed by atoms with Crippen LogP contribution in [0.2, 0.25) is 0 Å². The van der Waals surface area contributed by atoms with E-state index in [2.05, 4.69) is 44.1 Å². The van der Waals surface area contributed by atoms with Crippen LogP contribution in [0.3, 0.4) is 0 Å². The van der Waals surface area contributed by atoms with Crippen molar-refractivity contribution in [1.82, 2.24) is 5.32 Å². The molecule has 4 heteroatoms.